The first-order chi connectivity index (χ1) is 11.1. The Bertz CT molecular complexity index is 921. The molecule has 2 aromatic heterocycles. The average Bonchev–Trinajstić information content (AvgIpc) is 2.56. The molecular weight excluding hydrogens is 288 g/mol. The van der Waals surface area contributed by atoms with Gasteiger partial charge in [-0.15, -0.1) is 0 Å². The molecule has 23 heavy (non-hydrogen) atoms. The normalized spacial score (nSPS) is 13.3. The highest BCUT2D eigenvalue weighted by Gasteiger charge is 2.18. The summed E-state index contributed by atoms with van der Waals surface area (Å²) in [6, 6.07) is 6.15. The zero-order chi connectivity index (χ0) is 16.0. The molecule has 5 heteroatoms. The van der Waals surface area contributed by atoms with Gasteiger partial charge in [0.2, 0.25) is 5.88 Å². The number of nitrogens with one attached hydrogen (secondary N) is 1. The van der Waals surface area contributed by atoms with Crippen LogP contribution in [0.5, 0.6) is 5.88 Å². The van der Waals surface area contributed by atoms with Gasteiger partial charge in [-0.25, -0.2) is 4.98 Å². The fourth-order valence-electron chi connectivity index (χ4n) is 3.05. The van der Waals surface area contributed by atoms with Gasteiger partial charge in [0, 0.05) is 46.8 Å². The SMILES string of the molecule is Cc1cc2cc(-c3cnc4c(c3C)NCCO4)c(N)cc2cn1. The summed E-state index contributed by atoms with van der Waals surface area (Å²) in [7, 11) is 0. The van der Waals surface area contributed by atoms with Gasteiger partial charge < -0.3 is 15.8 Å². The van der Waals surface area contributed by atoms with Crippen LogP contribution in [0.25, 0.3) is 21.9 Å². The second-order valence-corrected chi connectivity index (χ2v) is 5.86. The minimum absolute atomic E-state index is 0.642. The molecule has 1 aliphatic heterocycles. The van der Waals surface area contributed by atoms with Crippen LogP contribution in [0.4, 0.5) is 11.4 Å². The summed E-state index contributed by atoms with van der Waals surface area (Å²) in [6.07, 6.45) is 3.70. The molecule has 1 aromatic carbocycles. The van der Waals surface area contributed by atoms with Crippen LogP contribution in [-0.4, -0.2) is 23.1 Å². The number of aryl methyl sites for hydroxylation is 1. The smallest absolute Gasteiger partial charge is 0.237 e. The fraction of sp³-hybridized carbons (Fsp3) is 0.222. The van der Waals surface area contributed by atoms with Crippen LogP contribution < -0.4 is 15.8 Å². The maximum absolute atomic E-state index is 6.29. The van der Waals surface area contributed by atoms with Gasteiger partial charge in [0.25, 0.3) is 0 Å². The third kappa shape index (κ3) is 2.25. The van der Waals surface area contributed by atoms with Crippen LogP contribution in [0.2, 0.25) is 0 Å². The number of nitrogen functional groups attached to an aromatic ring is 1. The molecular formula is C18H18N4O. The van der Waals surface area contributed by atoms with Gasteiger partial charge in [0.05, 0.1) is 0 Å². The van der Waals surface area contributed by atoms with Crippen LogP contribution in [0.1, 0.15) is 11.3 Å². The van der Waals surface area contributed by atoms with Crippen molar-refractivity contribution in [3.05, 3.63) is 41.9 Å². The Balaban J connectivity index is 1.93. The molecule has 0 bridgehead atoms. The van der Waals surface area contributed by atoms with E-state index in [0.29, 0.717) is 12.5 Å². The van der Waals surface area contributed by atoms with E-state index in [2.05, 4.69) is 34.3 Å². The fourth-order valence-corrected chi connectivity index (χ4v) is 3.05. The van der Waals surface area contributed by atoms with E-state index in [1.165, 1.54) is 0 Å². The lowest BCUT2D eigenvalue weighted by molar-refractivity contribution is 0.310. The molecule has 0 fully saturated rings. The topological polar surface area (TPSA) is 73.1 Å². The third-order valence-corrected chi connectivity index (χ3v) is 4.26. The number of nitrogens with two attached hydrogens (primary N) is 1. The van der Waals surface area contributed by atoms with Gasteiger partial charge in [-0.3, -0.25) is 4.98 Å². The molecule has 0 amide bonds. The van der Waals surface area contributed by atoms with Crippen molar-refractivity contribution in [3.8, 4) is 17.0 Å². The molecule has 0 radical (unpaired) electrons. The third-order valence-electron chi connectivity index (χ3n) is 4.26. The van der Waals surface area contributed by atoms with E-state index in [1.807, 2.05) is 25.4 Å². The molecule has 5 nitrogen and oxygen atoms in total. The van der Waals surface area contributed by atoms with E-state index in [0.717, 1.165) is 51.1 Å². The minimum atomic E-state index is 0.642. The molecule has 0 spiro atoms. The zero-order valence-corrected chi connectivity index (χ0v) is 13.2. The predicted molar refractivity (Wildman–Crippen MR) is 92.8 cm³/mol. The molecule has 4 rings (SSSR count). The Morgan fingerprint density at radius 2 is 1.91 bits per heavy atom. The second kappa shape index (κ2) is 5.12. The van der Waals surface area contributed by atoms with Gasteiger partial charge in [-0.1, -0.05) is 0 Å². The lowest BCUT2D eigenvalue weighted by atomic mass is 9.97. The van der Waals surface area contributed by atoms with E-state index < -0.39 is 0 Å². The highest BCUT2D eigenvalue weighted by Crippen LogP contribution is 2.38. The standard InChI is InChI=1S/C18H18N4O/c1-10-5-12-6-14(16(19)7-13(12)8-21-10)15-9-22-18-17(11(15)2)20-3-4-23-18/h5-9,20H,3-4,19H2,1-2H3. The lowest BCUT2D eigenvalue weighted by Gasteiger charge is -2.22. The summed E-state index contributed by atoms with van der Waals surface area (Å²) in [5, 5.41) is 5.54. The molecule has 3 N–H and O–H groups in total. The van der Waals surface area contributed by atoms with Gasteiger partial charge in [0.1, 0.15) is 12.3 Å². The first-order valence-corrected chi connectivity index (χ1v) is 7.66. The van der Waals surface area contributed by atoms with Crippen molar-refractivity contribution in [2.75, 3.05) is 24.2 Å². The van der Waals surface area contributed by atoms with Crippen LogP contribution in [0, 0.1) is 13.8 Å². The van der Waals surface area contributed by atoms with Crippen molar-refractivity contribution in [1.29, 1.82) is 0 Å². The van der Waals surface area contributed by atoms with Gasteiger partial charge in [-0.05, 0) is 43.0 Å². The van der Waals surface area contributed by atoms with Gasteiger partial charge >= 0.3 is 0 Å². The summed E-state index contributed by atoms with van der Waals surface area (Å²) in [4.78, 5) is 8.77. The summed E-state index contributed by atoms with van der Waals surface area (Å²) in [5.74, 6) is 0.664. The van der Waals surface area contributed by atoms with Crippen LogP contribution in [0.3, 0.4) is 0 Å². The number of fused-ring (bicyclic) bond motifs is 2. The number of rotatable bonds is 1. The van der Waals surface area contributed by atoms with E-state index in [4.69, 9.17) is 10.5 Å². The number of hydrogen-bond acceptors (Lipinski definition) is 5. The quantitative estimate of drug-likeness (QED) is 0.675. The zero-order valence-electron chi connectivity index (χ0n) is 13.2. The van der Waals surface area contributed by atoms with E-state index in [-0.39, 0.29) is 0 Å². The largest absolute Gasteiger partial charge is 0.474 e. The predicted octanol–water partition coefficient (Wildman–Crippen LogP) is 3.30. The van der Waals surface area contributed by atoms with Crippen molar-refractivity contribution in [1.82, 2.24) is 9.97 Å². The van der Waals surface area contributed by atoms with Crippen molar-refractivity contribution in [3.63, 3.8) is 0 Å². The Morgan fingerprint density at radius 1 is 1.04 bits per heavy atom. The first kappa shape index (κ1) is 13.8. The van der Waals surface area contributed by atoms with E-state index in [1.54, 1.807) is 0 Å². The molecule has 3 heterocycles. The molecule has 0 unspecified atom stereocenters. The van der Waals surface area contributed by atoms with Gasteiger partial charge in [0.15, 0.2) is 0 Å². The van der Waals surface area contributed by atoms with Crippen molar-refractivity contribution < 1.29 is 4.74 Å². The molecule has 0 saturated carbocycles. The lowest BCUT2D eigenvalue weighted by Crippen LogP contribution is -2.20. The van der Waals surface area contributed by atoms with Crippen molar-refractivity contribution >= 4 is 22.1 Å². The maximum Gasteiger partial charge on any atom is 0.237 e. The Labute approximate surface area is 134 Å². The molecule has 3 aromatic rings. The van der Waals surface area contributed by atoms with Crippen LogP contribution in [0.15, 0.2) is 30.6 Å². The number of aromatic nitrogens is 2. The van der Waals surface area contributed by atoms with Crippen LogP contribution >= 0.6 is 0 Å². The number of anilines is 2. The monoisotopic (exact) mass is 306 g/mol. The number of benzene rings is 1. The van der Waals surface area contributed by atoms with E-state index in [9.17, 15) is 0 Å². The van der Waals surface area contributed by atoms with Crippen molar-refractivity contribution in [2.24, 2.45) is 0 Å². The molecule has 116 valence electrons. The maximum atomic E-state index is 6.29. The molecule has 1 aliphatic rings. The number of nitrogens with zero attached hydrogens (tertiary/aromatic N) is 2. The van der Waals surface area contributed by atoms with E-state index >= 15 is 0 Å². The summed E-state index contributed by atoms with van der Waals surface area (Å²) in [6.45, 7) is 5.49. The molecule has 0 saturated heterocycles. The summed E-state index contributed by atoms with van der Waals surface area (Å²) < 4.78 is 5.60. The van der Waals surface area contributed by atoms with Gasteiger partial charge in [-0.2, -0.15) is 0 Å². The highest BCUT2D eigenvalue weighted by molar-refractivity contribution is 5.94. The van der Waals surface area contributed by atoms with Crippen molar-refractivity contribution in [2.45, 2.75) is 13.8 Å². The second-order valence-electron chi connectivity index (χ2n) is 5.86. The number of pyridine rings is 2. The summed E-state index contributed by atoms with van der Waals surface area (Å²) in [5.41, 5.74) is 12.1. The molecule has 0 aliphatic carbocycles. The minimum Gasteiger partial charge on any atom is -0.474 e. The van der Waals surface area contributed by atoms with Crippen LogP contribution in [-0.2, 0) is 0 Å². The number of hydrogen-bond donors (Lipinski definition) is 2. The summed E-state index contributed by atoms with van der Waals surface area (Å²) >= 11 is 0. The first-order valence-electron chi connectivity index (χ1n) is 7.66. The Kier molecular flexibility index (Phi) is 3.08. The Morgan fingerprint density at radius 3 is 2.78 bits per heavy atom. The highest BCUT2D eigenvalue weighted by atomic mass is 16.5. The molecule has 0 atom stereocenters. The Hall–Kier alpha value is -2.82. The average molecular weight is 306 g/mol. The number of ether oxygens (including phenoxy) is 1.